The lowest BCUT2D eigenvalue weighted by Gasteiger charge is -2.34. The second-order valence-corrected chi connectivity index (χ2v) is 16.8. The van der Waals surface area contributed by atoms with Crippen LogP contribution in [0.4, 0.5) is 17.1 Å². The molecule has 0 saturated carbocycles. The summed E-state index contributed by atoms with van der Waals surface area (Å²) in [6.45, 7) is 0. The molecule has 300 valence electrons. The molecule has 0 saturated heterocycles. The summed E-state index contributed by atoms with van der Waals surface area (Å²) in [4.78, 5) is 2.41. The Hall–Kier alpha value is -8.40. The Morgan fingerprint density at radius 1 is 0.297 bits per heavy atom. The highest BCUT2D eigenvalue weighted by Gasteiger charge is 2.46. The van der Waals surface area contributed by atoms with Crippen molar-refractivity contribution in [3.63, 3.8) is 0 Å². The first-order valence-corrected chi connectivity index (χ1v) is 21.9. The summed E-state index contributed by atoms with van der Waals surface area (Å²) >= 11 is 0. The molecule has 1 aliphatic rings. The average Bonchev–Trinajstić information content (AvgIpc) is 4.03. The molecule has 0 N–H and O–H groups in total. The van der Waals surface area contributed by atoms with Crippen LogP contribution in [0, 0.1) is 0 Å². The first-order chi connectivity index (χ1) is 31.7. The van der Waals surface area contributed by atoms with E-state index in [0.717, 1.165) is 83.2 Å². The van der Waals surface area contributed by atoms with Gasteiger partial charge in [-0.1, -0.05) is 176 Å². The second kappa shape index (κ2) is 14.3. The highest BCUT2D eigenvalue weighted by Crippen LogP contribution is 2.57. The molecule has 2 aromatic heterocycles. The van der Waals surface area contributed by atoms with Gasteiger partial charge in [0.05, 0.1) is 5.41 Å². The molecule has 1 aliphatic carbocycles. The Labute approximate surface area is 370 Å². The van der Waals surface area contributed by atoms with Crippen LogP contribution in [0.1, 0.15) is 22.3 Å². The molecule has 3 nitrogen and oxygen atoms in total. The maximum absolute atomic E-state index is 6.58. The zero-order valence-electron chi connectivity index (χ0n) is 34.8. The Bertz CT molecular complexity index is 3710. The van der Waals surface area contributed by atoms with Crippen molar-refractivity contribution in [1.82, 2.24) is 0 Å². The molecule has 64 heavy (non-hydrogen) atoms. The van der Waals surface area contributed by atoms with Gasteiger partial charge in [0.2, 0.25) is 0 Å². The van der Waals surface area contributed by atoms with Gasteiger partial charge in [-0.05, 0) is 111 Å². The Morgan fingerprint density at radius 3 is 1.59 bits per heavy atom. The Kier molecular flexibility index (Phi) is 8.13. The second-order valence-electron chi connectivity index (χ2n) is 16.8. The zero-order valence-corrected chi connectivity index (χ0v) is 34.8. The maximum atomic E-state index is 6.58. The van der Waals surface area contributed by atoms with E-state index in [-0.39, 0.29) is 0 Å². The van der Waals surface area contributed by atoms with E-state index in [1.54, 1.807) is 0 Å². The van der Waals surface area contributed by atoms with Crippen LogP contribution in [0.25, 0.3) is 77.3 Å². The van der Waals surface area contributed by atoms with Crippen LogP contribution in [0.5, 0.6) is 0 Å². The third-order valence-corrected chi connectivity index (χ3v) is 13.3. The number of benzene rings is 10. The van der Waals surface area contributed by atoms with Crippen molar-refractivity contribution < 1.29 is 8.83 Å². The van der Waals surface area contributed by atoms with E-state index in [1.807, 2.05) is 24.3 Å². The molecule has 0 radical (unpaired) electrons. The molecule has 3 heteroatoms. The van der Waals surface area contributed by atoms with Crippen LogP contribution in [0.3, 0.4) is 0 Å². The van der Waals surface area contributed by atoms with Gasteiger partial charge in [-0.15, -0.1) is 0 Å². The number of fused-ring (bicyclic) bond motifs is 9. The predicted molar refractivity (Wildman–Crippen MR) is 264 cm³/mol. The van der Waals surface area contributed by atoms with Crippen LogP contribution < -0.4 is 4.90 Å². The quantitative estimate of drug-likeness (QED) is 0.160. The highest BCUT2D eigenvalue weighted by atomic mass is 16.3. The summed E-state index contributed by atoms with van der Waals surface area (Å²) in [6, 6.07) is 85.4. The van der Waals surface area contributed by atoms with Gasteiger partial charge in [0, 0.05) is 44.2 Å². The minimum absolute atomic E-state index is 0.487. The van der Waals surface area contributed by atoms with Gasteiger partial charge < -0.3 is 13.7 Å². The van der Waals surface area contributed by atoms with Crippen LogP contribution >= 0.6 is 0 Å². The first-order valence-electron chi connectivity index (χ1n) is 21.9. The van der Waals surface area contributed by atoms with Gasteiger partial charge in [-0.3, -0.25) is 0 Å². The molecule has 0 atom stereocenters. The molecule has 10 aromatic carbocycles. The van der Waals surface area contributed by atoms with Crippen molar-refractivity contribution in [2.45, 2.75) is 5.41 Å². The number of rotatable bonds is 7. The van der Waals surface area contributed by atoms with Gasteiger partial charge in [0.25, 0.3) is 0 Å². The molecule has 0 bridgehead atoms. The van der Waals surface area contributed by atoms with Crippen molar-refractivity contribution in [2.75, 3.05) is 4.90 Å². The van der Waals surface area contributed by atoms with Gasteiger partial charge in [0.15, 0.2) is 0 Å². The molecule has 12 aromatic rings. The van der Waals surface area contributed by atoms with Crippen molar-refractivity contribution in [2.24, 2.45) is 0 Å². The normalized spacial score (nSPS) is 12.8. The number of nitrogens with zero attached hydrogens (tertiary/aromatic N) is 1. The smallest absolute Gasteiger partial charge is 0.143 e. The largest absolute Gasteiger partial charge is 0.456 e. The maximum Gasteiger partial charge on any atom is 0.143 e. The third kappa shape index (κ3) is 5.47. The van der Waals surface area contributed by atoms with Crippen LogP contribution in [-0.4, -0.2) is 0 Å². The number of anilines is 3. The summed E-state index contributed by atoms with van der Waals surface area (Å²) < 4.78 is 12.8. The summed E-state index contributed by atoms with van der Waals surface area (Å²) in [5.74, 6) is 0. The van der Waals surface area contributed by atoms with E-state index < -0.39 is 5.41 Å². The van der Waals surface area contributed by atoms with Crippen molar-refractivity contribution >= 4 is 60.9 Å². The van der Waals surface area contributed by atoms with Gasteiger partial charge >= 0.3 is 0 Å². The molecule has 0 fully saturated rings. The summed E-state index contributed by atoms with van der Waals surface area (Å²) in [7, 11) is 0. The summed E-state index contributed by atoms with van der Waals surface area (Å²) in [5, 5.41) is 4.47. The van der Waals surface area contributed by atoms with E-state index in [2.05, 4.69) is 217 Å². The molecule has 0 unspecified atom stereocenters. The first kappa shape index (κ1) is 36.3. The fraction of sp³-hybridized carbons (Fsp3) is 0.0164. The fourth-order valence-electron chi connectivity index (χ4n) is 10.5. The van der Waals surface area contributed by atoms with E-state index in [9.17, 15) is 0 Å². The summed E-state index contributed by atoms with van der Waals surface area (Å²) in [6.07, 6.45) is 0. The molecular formula is C61H39NO2. The molecule has 0 aliphatic heterocycles. The molecule has 13 rings (SSSR count). The van der Waals surface area contributed by atoms with Crippen molar-refractivity contribution in [3.05, 3.63) is 259 Å². The SMILES string of the molecule is c1ccc(C2(c3ccccc3)c3ccccc3-c3cc(N(c4cccc(-c5ccc6oc7ccccc7c6c5)c4)c4cccc(-c5cccc6c5oc5ccccc56)c4)ccc32)cc1. The van der Waals surface area contributed by atoms with Gasteiger partial charge in [-0.2, -0.15) is 0 Å². The average molecular weight is 818 g/mol. The monoisotopic (exact) mass is 817 g/mol. The van der Waals surface area contributed by atoms with E-state index in [4.69, 9.17) is 8.83 Å². The van der Waals surface area contributed by atoms with Crippen LogP contribution in [0.2, 0.25) is 0 Å². The third-order valence-electron chi connectivity index (χ3n) is 13.3. The number of hydrogen-bond acceptors (Lipinski definition) is 3. The molecular weight excluding hydrogens is 779 g/mol. The van der Waals surface area contributed by atoms with Gasteiger partial charge in [-0.25, -0.2) is 0 Å². The molecule has 2 heterocycles. The molecule has 0 spiro atoms. The van der Waals surface area contributed by atoms with Gasteiger partial charge in [0.1, 0.15) is 22.3 Å². The number of furan rings is 2. The predicted octanol–water partition coefficient (Wildman–Crippen LogP) is 16.7. The minimum atomic E-state index is -0.487. The summed E-state index contributed by atoms with van der Waals surface area (Å²) in [5.41, 5.74) is 18.2. The lowest BCUT2D eigenvalue weighted by molar-refractivity contribution is 0.669. The van der Waals surface area contributed by atoms with E-state index in [0.29, 0.717) is 0 Å². The minimum Gasteiger partial charge on any atom is -0.456 e. The lowest BCUT2D eigenvalue weighted by atomic mass is 9.68. The van der Waals surface area contributed by atoms with E-state index in [1.165, 1.54) is 33.4 Å². The zero-order chi connectivity index (χ0) is 42.2. The van der Waals surface area contributed by atoms with Crippen molar-refractivity contribution in [3.8, 4) is 33.4 Å². The van der Waals surface area contributed by atoms with Crippen molar-refractivity contribution in [1.29, 1.82) is 0 Å². The lowest BCUT2D eigenvalue weighted by Crippen LogP contribution is -2.28. The fourth-order valence-corrected chi connectivity index (χ4v) is 10.5. The number of para-hydroxylation sites is 3. The standard InChI is InChI=1S/C61H39NO2/c1-3-18-43(19-4-1)61(44-20-5-2-6-21-44)55-29-10-7-24-49(55)53-39-47(33-34-56(53)61)62(45-22-13-16-40(36-45)41-32-35-59-54(38-41)51-26-9-11-30-57(51)63-59)46-23-14-17-42(37-46)48-27-15-28-52-50-25-8-12-31-58(50)64-60(48)52/h1-39H. The number of hydrogen-bond donors (Lipinski definition) is 0. The molecule has 0 amide bonds. The van der Waals surface area contributed by atoms with E-state index >= 15 is 0 Å². The van der Waals surface area contributed by atoms with Crippen LogP contribution in [-0.2, 0) is 5.41 Å². The highest BCUT2D eigenvalue weighted by molar-refractivity contribution is 6.10. The Morgan fingerprint density at radius 2 is 0.828 bits per heavy atom. The Balaban J connectivity index is 1.02. The topological polar surface area (TPSA) is 29.5 Å². The van der Waals surface area contributed by atoms with Crippen LogP contribution in [0.15, 0.2) is 245 Å².